The normalized spacial score (nSPS) is 13.7. The van der Waals surface area contributed by atoms with E-state index in [0.29, 0.717) is 36.8 Å². The molecule has 1 fully saturated rings. The van der Waals surface area contributed by atoms with Crippen molar-refractivity contribution in [3.63, 3.8) is 0 Å². The highest BCUT2D eigenvalue weighted by Gasteiger charge is 2.23. The SMILES string of the molecule is CCOc1ccc2cc(C(=O)Nc3cccc(N4CCOC4=O)c3)[nH]c2c1. The number of nitrogens with one attached hydrogen (secondary N) is 2. The number of hydrogen-bond acceptors (Lipinski definition) is 4. The summed E-state index contributed by atoms with van der Waals surface area (Å²) in [5, 5.41) is 3.79. The molecule has 2 N–H and O–H groups in total. The molecule has 7 nitrogen and oxygen atoms in total. The molecule has 27 heavy (non-hydrogen) atoms. The highest BCUT2D eigenvalue weighted by atomic mass is 16.6. The minimum Gasteiger partial charge on any atom is -0.494 e. The highest BCUT2D eigenvalue weighted by molar-refractivity contribution is 6.06. The average molecular weight is 365 g/mol. The fraction of sp³-hybridized carbons (Fsp3) is 0.200. The third kappa shape index (κ3) is 3.44. The summed E-state index contributed by atoms with van der Waals surface area (Å²) in [6.45, 7) is 3.38. The Morgan fingerprint density at radius 2 is 2.15 bits per heavy atom. The lowest BCUT2D eigenvalue weighted by Crippen LogP contribution is -2.23. The van der Waals surface area contributed by atoms with Crippen LogP contribution in [0, 0.1) is 0 Å². The van der Waals surface area contributed by atoms with Crippen molar-refractivity contribution in [1.29, 1.82) is 0 Å². The van der Waals surface area contributed by atoms with Crippen molar-refractivity contribution in [2.24, 2.45) is 0 Å². The lowest BCUT2D eigenvalue weighted by atomic mass is 10.2. The van der Waals surface area contributed by atoms with Gasteiger partial charge in [0.25, 0.3) is 5.91 Å². The maximum atomic E-state index is 12.6. The zero-order valence-electron chi connectivity index (χ0n) is 14.8. The van der Waals surface area contributed by atoms with Crippen LogP contribution in [-0.4, -0.2) is 36.7 Å². The van der Waals surface area contributed by atoms with Gasteiger partial charge in [-0.1, -0.05) is 6.07 Å². The molecule has 0 aliphatic carbocycles. The molecule has 2 aromatic carbocycles. The monoisotopic (exact) mass is 365 g/mol. The zero-order valence-corrected chi connectivity index (χ0v) is 14.8. The molecule has 3 aromatic rings. The van der Waals surface area contributed by atoms with Crippen LogP contribution in [0.5, 0.6) is 5.75 Å². The number of nitrogens with zero attached hydrogens (tertiary/aromatic N) is 1. The van der Waals surface area contributed by atoms with E-state index in [9.17, 15) is 9.59 Å². The van der Waals surface area contributed by atoms with Crippen LogP contribution in [0.25, 0.3) is 10.9 Å². The van der Waals surface area contributed by atoms with Gasteiger partial charge >= 0.3 is 6.09 Å². The van der Waals surface area contributed by atoms with Gasteiger partial charge in [0.2, 0.25) is 0 Å². The van der Waals surface area contributed by atoms with Crippen LogP contribution >= 0.6 is 0 Å². The first-order valence-electron chi connectivity index (χ1n) is 8.75. The van der Waals surface area contributed by atoms with Crippen molar-refractivity contribution in [3.05, 3.63) is 54.2 Å². The summed E-state index contributed by atoms with van der Waals surface area (Å²) in [6.07, 6.45) is -0.376. The summed E-state index contributed by atoms with van der Waals surface area (Å²) in [7, 11) is 0. The molecule has 1 aromatic heterocycles. The Morgan fingerprint density at radius 1 is 1.26 bits per heavy atom. The van der Waals surface area contributed by atoms with Gasteiger partial charge in [0.15, 0.2) is 0 Å². The van der Waals surface area contributed by atoms with Gasteiger partial charge in [-0.2, -0.15) is 0 Å². The van der Waals surface area contributed by atoms with Gasteiger partial charge in [0, 0.05) is 28.3 Å². The van der Waals surface area contributed by atoms with Crippen molar-refractivity contribution >= 4 is 34.3 Å². The molecule has 0 radical (unpaired) electrons. The van der Waals surface area contributed by atoms with Crippen LogP contribution in [0.4, 0.5) is 16.2 Å². The molecule has 1 aliphatic heterocycles. The molecule has 2 amide bonds. The quantitative estimate of drug-likeness (QED) is 0.721. The van der Waals surface area contributed by atoms with Gasteiger partial charge in [-0.15, -0.1) is 0 Å². The topological polar surface area (TPSA) is 83.7 Å². The number of carbonyl (C=O) groups excluding carboxylic acids is 2. The minimum absolute atomic E-state index is 0.259. The maximum absolute atomic E-state index is 12.6. The summed E-state index contributed by atoms with van der Waals surface area (Å²) in [5.74, 6) is 0.495. The summed E-state index contributed by atoms with van der Waals surface area (Å²) in [6, 6.07) is 14.6. The van der Waals surface area contributed by atoms with E-state index in [-0.39, 0.29) is 12.0 Å². The average Bonchev–Trinajstić information content (AvgIpc) is 3.28. The van der Waals surface area contributed by atoms with E-state index >= 15 is 0 Å². The lowest BCUT2D eigenvalue weighted by molar-refractivity contribution is 0.102. The van der Waals surface area contributed by atoms with Crippen molar-refractivity contribution in [3.8, 4) is 5.75 Å². The van der Waals surface area contributed by atoms with E-state index in [1.54, 1.807) is 30.3 Å². The largest absolute Gasteiger partial charge is 0.494 e. The number of carbonyl (C=O) groups is 2. The number of anilines is 2. The van der Waals surface area contributed by atoms with E-state index in [1.807, 2.05) is 25.1 Å². The van der Waals surface area contributed by atoms with Gasteiger partial charge in [-0.3, -0.25) is 9.69 Å². The second-order valence-electron chi connectivity index (χ2n) is 6.14. The summed E-state index contributed by atoms with van der Waals surface area (Å²) >= 11 is 0. The van der Waals surface area contributed by atoms with Crippen molar-refractivity contribution in [2.75, 3.05) is 30.0 Å². The smallest absolute Gasteiger partial charge is 0.414 e. The summed E-state index contributed by atoms with van der Waals surface area (Å²) in [5.41, 5.74) is 2.57. The number of ether oxygens (including phenoxy) is 2. The number of aromatic amines is 1. The molecule has 2 heterocycles. The number of H-pyrrole nitrogens is 1. The number of fused-ring (bicyclic) bond motifs is 1. The first-order valence-corrected chi connectivity index (χ1v) is 8.75. The molecule has 7 heteroatoms. The van der Waals surface area contributed by atoms with Gasteiger partial charge in [-0.05, 0) is 43.3 Å². The number of cyclic esters (lactones) is 1. The third-order valence-corrected chi connectivity index (χ3v) is 4.33. The number of aromatic nitrogens is 1. The van der Waals surface area contributed by atoms with Crippen molar-refractivity contribution < 1.29 is 19.1 Å². The number of hydrogen-bond donors (Lipinski definition) is 2. The first-order chi connectivity index (χ1) is 13.1. The summed E-state index contributed by atoms with van der Waals surface area (Å²) in [4.78, 5) is 29.0. The Morgan fingerprint density at radius 3 is 2.93 bits per heavy atom. The van der Waals surface area contributed by atoms with Gasteiger partial charge in [0.05, 0.1) is 13.2 Å². The Bertz CT molecular complexity index is 1010. The molecular formula is C20H19N3O4. The molecule has 0 bridgehead atoms. The minimum atomic E-state index is -0.376. The number of amides is 2. The predicted molar refractivity (Wildman–Crippen MR) is 103 cm³/mol. The van der Waals surface area contributed by atoms with E-state index in [2.05, 4.69) is 10.3 Å². The van der Waals surface area contributed by atoms with E-state index in [4.69, 9.17) is 9.47 Å². The van der Waals surface area contributed by atoms with E-state index in [0.717, 1.165) is 16.7 Å². The fourth-order valence-electron chi connectivity index (χ4n) is 3.06. The number of rotatable bonds is 5. The van der Waals surface area contributed by atoms with E-state index < -0.39 is 0 Å². The predicted octanol–water partition coefficient (Wildman–Crippen LogP) is 3.78. The maximum Gasteiger partial charge on any atom is 0.414 e. The molecule has 0 atom stereocenters. The number of benzene rings is 2. The second-order valence-corrected chi connectivity index (χ2v) is 6.14. The Labute approximate surface area is 155 Å². The molecule has 0 spiro atoms. The third-order valence-electron chi connectivity index (χ3n) is 4.33. The van der Waals surface area contributed by atoms with Crippen LogP contribution in [0.15, 0.2) is 48.5 Å². The van der Waals surface area contributed by atoms with E-state index in [1.165, 1.54) is 4.90 Å². The second kappa shape index (κ2) is 7.03. The molecule has 0 saturated carbocycles. The van der Waals surface area contributed by atoms with Crippen LogP contribution in [0.2, 0.25) is 0 Å². The standard InChI is InChI=1S/C20H19N3O4/c1-2-26-16-7-6-13-10-18(22-17(13)12-16)19(24)21-14-4-3-5-15(11-14)23-8-9-27-20(23)25/h3-7,10-12,22H,2,8-9H2,1H3,(H,21,24). The summed E-state index contributed by atoms with van der Waals surface area (Å²) < 4.78 is 10.4. The van der Waals surface area contributed by atoms with Crippen LogP contribution in [-0.2, 0) is 4.74 Å². The van der Waals surface area contributed by atoms with Gasteiger partial charge in [0.1, 0.15) is 18.1 Å². The highest BCUT2D eigenvalue weighted by Crippen LogP contribution is 2.24. The lowest BCUT2D eigenvalue weighted by Gasteiger charge is -2.14. The fourth-order valence-corrected chi connectivity index (χ4v) is 3.06. The van der Waals surface area contributed by atoms with Crippen LogP contribution in [0.1, 0.15) is 17.4 Å². The molecular weight excluding hydrogens is 346 g/mol. The molecule has 4 rings (SSSR count). The Kier molecular flexibility index (Phi) is 4.42. The Hall–Kier alpha value is -3.48. The molecule has 138 valence electrons. The van der Waals surface area contributed by atoms with Crippen LogP contribution in [0.3, 0.4) is 0 Å². The van der Waals surface area contributed by atoms with Gasteiger partial charge < -0.3 is 19.8 Å². The van der Waals surface area contributed by atoms with Crippen LogP contribution < -0.4 is 15.0 Å². The first kappa shape index (κ1) is 17.0. The molecule has 1 aliphatic rings. The molecule has 0 unspecified atom stereocenters. The van der Waals surface area contributed by atoms with Crippen molar-refractivity contribution in [2.45, 2.75) is 6.92 Å². The Balaban J connectivity index is 1.53. The molecule has 1 saturated heterocycles. The zero-order chi connectivity index (χ0) is 18.8. The van der Waals surface area contributed by atoms with Crippen molar-refractivity contribution in [1.82, 2.24) is 4.98 Å². The van der Waals surface area contributed by atoms with Gasteiger partial charge in [-0.25, -0.2) is 4.79 Å².